The zero-order valence-electron chi connectivity index (χ0n) is 16.4. The van der Waals surface area contributed by atoms with Crippen LogP contribution in [0.15, 0.2) is 29.6 Å². The molecule has 1 aromatic heterocycles. The average molecular weight is 417 g/mol. The molecular formula is C20H24N4O4S. The molecule has 0 saturated heterocycles. The van der Waals surface area contributed by atoms with Gasteiger partial charge in [-0.3, -0.25) is 19.2 Å². The summed E-state index contributed by atoms with van der Waals surface area (Å²) < 4.78 is 0. The number of rotatable bonds is 9. The molecule has 1 aliphatic rings. The van der Waals surface area contributed by atoms with Gasteiger partial charge in [0.05, 0.1) is 18.7 Å². The van der Waals surface area contributed by atoms with Crippen LogP contribution in [0.5, 0.6) is 0 Å². The van der Waals surface area contributed by atoms with E-state index in [9.17, 15) is 14.4 Å². The highest BCUT2D eigenvalue weighted by atomic mass is 32.1. The number of aromatic nitrogens is 1. The lowest BCUT2D eigenvalue weighted by molar-refractivity contribution is -0.132. The number of hydroxylamine groups is 1. The van der Waals surface area contributed by atoms with Gasteiger partial charge in [-0.25, -0.2) is 10.5 Å². The molecule has 2 aromatic rings. The lowest BCUT2D eigenvalue weighted by Gasteiger charge is -2.21. The maximum Gasteiger partial charge on any atom is 0.254 e. The van der Waals surface area contributed by atoms with E-state index in [4.69, 9.17) is 4.84 Å². The number of aryl methyl sites for hydroxylation is 1. The van der Waals surface area contributed by atoms with E-state index in [-0.39, 0.29) is 36.7 Å². The molecule has 3 rings (SSSR count). The molecule has 1 heterocycles. The normalized spacial score (nSPS) is 13.0. The summed E-state index contributed by atoms with van der Waals surface area (Å²) in [5, 5.41) is 4.82. The molecule has 0 aliphatic heterocycles. The summed E-state index contributed by atoms with van der Waals surface area (Å²) in [5.41, 5.74) is 4.49. The summed E-state index contributed by atoms with van der Waals surface area (Å²) in [5.74, 6) is -0.759. The second-order valence-corrected chi connectivity index (χ2v) is 7.72. The van der Waals surface area contributed by atoms with Crippen LogP contribution in [0.25, 0.3) is 0 Å². The zero-order chi connectivity index (χ0) is 20.8. The Bertz CT molecular complexity index is 877. The van der Waals surface area contributed by atoms with Crippen molar-refractivity contribution in [1.29, 1.82) is 0 Å². The highest BCUT2D eigenvalue weighted by Gasteiger charge is 2.34. The second-order valence-electron chi connectivity index (χ2n) is 6.86. The number of hydrogen-bond acceptors (Lipinski definition) is 6. The van der Waals surface area contributed by atoms with Crippen LogP contribution in [0, 0.1) is 6.92 Å². The highest BCUT2D eigenvalue weighted by molar-refractivity contribution is 7.13. The smallest absolute Gasteiger partial charge is 0.254 e. The largest absolute Gasteiger partial charge is 0.326 e. The molecule has 3 amide bonds. The van der Waals surface area contributed by atoms with Gasteiger partial charge in [0.25, 0.3) is 5.91 Å². The monoisotopic (exact) mass is 416 g/mol. The van der Waals surface area contributed by atoms with Gasteiger partial charge in [0, 0.05) is 17.0 Å². The van der Waals surface area contributed by atoms with Crippen molar-refractivity contribution in [1.82, 2.24) is 15.4 Å². The van der Waals surface area contributed by atoms with Crippen LogP contribution >= 0.6 is 11.3 Å². The Morgan fingerprint density at radius 3 is 2.59 bits per heavy atom. The maximum atomic E-state index is 12.8. The van der Waals surface area contributed by atoms with E-state index in [0.717, 1.165) is 18.4 Å². The molecule has 1 saturated carbocycles. The third-order valence-electron chi connectivity index (χ3n) is 4.33. The third kappa shape index (κ3) is 6.10. The van der Waals surface area contributed by atoms with Crippen LogP contribution < -0.4 is 10.8 Å². The minimum atomic E-state index is -0.308. The van der Waals surface area contributed by atoms with E-state index < -0.39 is 0 Å². The number of amides is 3. The Labute approximate surface area is 173 Å². The summed E-state index contributed by atoms with van der Waals surface area (Å²) >= 11 is 1.23. The van der Waals surface area contributed by atoms with Crippen molar-refractivity contribution >= 4 is 34.2 Å². The zero-order valence-corrected chi connectivity index (χ0v) is 17.3. The number of thiazole rings is 1. The van der Waals surface area contributed by atoms with E-state index in [1.807, 2.05) is 19.1 Å². The predicted molar refractivity (Wildman–Crippen MR) is 109 cm³/mol. The van der Waals surface area contributed by atoms with Crippen LogP contribution in [0.2, 0.25) is 0 Å². The Kier molecular flexibility index (Phi) is 6.95. The van der Waals surface area contributed by atoms with Gasteiger partial charge < -0.3 is 10.2 Å². The van der Waals surface area contributed by atoms with Crippen molar-refractivity contribution in [3.63, 3.8) is 0 Å². The van der Waals surface area contributed by atoms with Gasteiger partial charge in [-0.15, -0.1) is 11.3 Å². The number of carbonyl (C=O) groups excluding carboxylic acids is 3. The average Bonchev–Trinajstić information content (AvgIpc) is 3.45. The first-order valence-corrected chi connectivity index (χ1v) is 10.4. The topological polar surface area (TPSA) is 101 Å². The Balaban J connectivity index is 1.56. The molecular weight excluding hydrogens is 392 g/mol. The molecule has 9 heteroatoms. The number of benzene rings is 1. The van der Waals surface area contributed by atoms with E-state index in [1.165, 1.54) is 11.3 Å². The fraction of sp³-hybridized carbons (Fsp3) is 0.400. The lowest BCUT2D eigenvalue weighted by Crippen LogP contribution is -2.39. The first-order chi connectivity index (χ1) is 14.0. The molecule has 0 unspecified atom stereocenters. The van der Waals surface area contributed by atoms with Crippen LogP contribution in [-0.4, -0.2) is 46.8 Å². The molecule has 1 aromatic carbocycles. The first-order valence-electron chi connectivity index (χ1n) is 9.48. The number of nitrogens with one attached hydrogen (secondary N) is 2. The third-order valence-corrected chi connectivity index (χ3v) is 5.14. The van der Waals surface area contributed by atoms with E-state index in [0.29, 0.717) is 23.0 Å². The summed E-state index contributed by atoms with van der Waals surface area (Å²) in [6.07, 6.45) is 1.87. The van der Waals surface area contributed by atoms with Gasteiger partial charge in [-0.2, -0.15) is 0 Å². The second kappa shape index (κ2) is 9.62. The maximum absolute atomic E-state index is 12.8. The number of anilines is 1. The van der Waals surface area contributed by atoms with Crippen molar-refractivity contribution in [2.75, 3.05) is 18.5 Å². The molecule has 154 valence electrons. The van der Waals surface area contributed by atoms with Gasteiger partial charge in [0.15, 0.2) is 5.13 Å². The van der Waals surface area contributed by atoms with Crippen molar-refractivity contribution in [3.8, 4) is 0 Å². The molecule has 2 N–H and O–H groups in total. The SMILES string of the molecule is CCONC(=O)Cc1csc(NC(=O)CN(C(=O)c2ccc(C)cc2)C2CC2)n1. The predicted octanol–water partition coefficient (Wildman–Crippen LogP) is 2.31. The number of carbonyl (C=O) groups is 3. The van der Waals surface area contributed by atoms with Crippen LogP contribution in [-0.2, 0) is 20.8 Å². The standard InChI is InChI=1S/C20H24N4O4S/c1-3-28-23-17(25)10-15-12-29-20(21-15)22-18(26)11-24(16-8-9-16)19(27)14-6-4-13(2)5-7-14/h4-7,12,16H,3,8-11H2,1-2H3,(H,23,25)(H,21,22,26). The fourth-order valence-electron chi connectivity index (χ4n) is 2.73. The van der Waals surface area contributed by atoms with E-state index in [2.05, 4.69) is 15.8 Å². The molecule has 29 heavy (non-hydrogen) atoms. The lowest BCUT2D eigenvalue weighted by atomic mass is 10.1. The molecule has 0 radical (unpaired) electrons. The highest BCUT2D eigenvalue weighted by Crippen LogP contribution is 2.28. The van der Waals surface area contributed by atoms with Crippen LogP contribution in [0.4, 0.5) is 5.13 Å². The van der Waals surface area contributed by atoms with Crippen LogP contribution in [0.1, 0.15) is 41.4 Å². The van der Waals surface area contributed by atoms with Gasteiger partial charge in [-0.1, -0.05) is 17.7 Å². The van der Waals surface area contributed by atoms with Crippen LogP contribution in [0.3, 0.4) is 0 Å². The Morgan fingerprint density at radius 2 is 1.93 bits per heavy atom. The number of nitrogens with zero attached hydrogens (tertiary/aromatic N) is 2. The molecule has 0 bridgehead atoms. The molecule has 0 atom stereocenters. The number of hydrogen-bond donors (Lipinski definition) is 2. The van der Waals surface area contributed by atoms with Crippen molar-refractivity contribution in [3.05, 3.63) is 46.5 Å². The van der Waals surface area contributed by atoms with Gasteiger partial charge >= 0.3 is 0 Å². The molecule has 8 nitrogen and oxygen atoms in total. The van der Waals surface area contributed by atoms with Crippen molar-refractivity contribution < 1.29 is 19.2 Å². The van der Waals surface area contributed by atoms with Crippen molar-refractivity contribution in [2.45, 2.75) is 39.2 Å². The minimum Gasteiger partial charge on any atom is -0.326 e. The summed E-state index contributed by atoms with van der Waals surface area (Å²) in [4.78, 5) is 47.7. The minimum absolute atomic E-state index is 0.0306. The van der Waals surface area contributed by atoms with E-state index >= 15 is 0 Å². The summed E-state index contributed by atoms with van der Waals surface area (Å²) in [7, 11) is 0. The summed E-state index contributed by atoms with van der Waals surface area (Å²) in [6, 6.07) is 7.44. The fourth-order valence-corrected chi connectivity index (χ4v) is 3.45. The van der Waals surface area contributed by atoms with Gasteiger partial charge in [-0.05, 0) is 38.8 Å². The summed E-state index contributed by atoms with van der Waals surface area (Å²) in [6.45, 7) is 4.08. The van der Waals surface area contributed by atoms with Gasteiger partial charge in [0.2, 0.25) is 11.8 Å². The van der Waals surface area contributed by atoms with Crippen molar-refractivity contribution in [2.24, 2.45) is 0 Å². The molecule has 1 fully saturated rings. The van der Waals surface area contributed by atoms with E-state index in [1.54, 1.807) is 29.3 Å². The first kappa shape index (κ1) is 20.9. The Morgan fingerprint density at radius 1 is 1.21 bits per heavy atom. The quantitative estimate of drug-likeness (QED) is 0.611. The molecule has 0 spiro atoms. The van der Waals surface area contributed by atoms with Gasteiger partial charge in [0.1, 0.15) is 6.54 Å². The molecule has 1 aliphatic carbocycles. The Hall–Kier alpha value is -2.78.